The van der Waals surface area contributed by atoms with Crippen molar-refractivity contribution in [1.29, 1.82) is 0 Å². The number of rotatable bonds is 7. The second-order valence-electron chi connectivity index (χ2n) is 12.7. The molecular weight excluding hydrogens is 580 g/mol. The van der Waals surface area contributed by atoms with E-state index in [9.17, 15) is 23.8 Å². The molecule has 0 spiro atoms. The molecule has 12 nitrogen and oxygen atoms in total. The van der Waals surface area contributed by atoms with Crippen LogP contribution in [-0.4, -0.2) is 105 Å². The largest absolute Gasteiger partial charge is 0.444 e. The van der Waals surface area contributed by atoms with Gasteiger partial charge in [0.1, 0.15) is 41.8 Å². The lowest BCUT2D eigenvalue weighted by atomic mass is 9.86. The molecule has 4 heterocycles. The van der Waals surface area contributed by atoms with Crippen LogP contribution >= 0.6 is 0 Å². The SMILES string of the molecule is CO[C@@H]1[C@@H](n2cc(-c3ccc(C)c(F)c3F)nn2)[C@@H](O)[C@@H](CO)O[C@@H]1C[C@H]1CC(C2CCN(C(=O)OC(C)(C)C)CC2)=NO1. The van der Waals surface area contributed by atoms with Crippen molar-refractivity contribution in [3.8, 4) is 11.3 Å². The van der Waals surface area contributed by atoms with E-state index in [4.69, 9.17) is 19.0 Å². The zero-order valence-corrected chi connectivity index (χ0v) is 25.7. The first-order chi connectivity index (χ1) is 20.9. The highest BCUT2D eigenvalue weighted by atomic mass is 19.2. The van der Waals surface area contributed by atoms with E-state index in [1.807, 2.05) is 20.8 Å². The summed E-state index contributed by atoms with van der Waals surface area (Å²) in [4.78, 5) is 20.0. The van der Waals surface area contributed by atoms with Gasteiger partial charge in [0.2, 0.25) is 0 Å². The van der Waals surface area contributed by atoms with Crippen LogP contribution in [0.15, 0.2) is 23.5 Å². The average molecular weight is 622 g/mol. The molecule has 0 radical (unpaired) electrons. The van der Waals surface area contributed by atoms with Crippen molar-refractivity contribution in [2.24, 2.45) is 11.1 Å². The van der Waals surface area contributed by atoms with Gasteiger partial charge < -0.3 is 34.2 Å². The van der Waals surface area contributed by atoms with E-state index in [1.54, 1.807) is 4.90 Å². The molecule has 2 aromatic rings. The van der Waals surface area contributed by atoms with Gasteiger partial charge in [-0.15, -0.1) is 5.10 Å². The Hall–Kier alpha value is -3.20. The summed E-state index contributed by atoms with van der Waals surface area (Å²) >= 11 is 0. The minimum absolute atomic E-state index is 0.0638. The molecule has 1 amide bonds. The molecule has 1 aromatic heterocycles. The van der Waals surface area contributed by atoms with Gasteiger partial charge in [0.15, 0.2) is 11.6 Å². The monoisotopic (exact) mass is 621 g/mol. The third-order valence-corrected chi connectivity index (χ3v) is 8.47. The Labute approximate surface area is 254 Å². The molecule has 5 rings (SSSR count). The van der Waals surface area contributed by atoms with Crippen LogP contribution in [0.3, 0.4) is 0 Å². The smallest absolute Gasteiger partial charge is 0.410 e. The standard InChI is InChI=1S/C30H41F2N5O7/c1-16-6-7-19(25(32)24(16)31)21-14-37(35-33-21)26-27(39)23(15-38)42-22(28(26)41-5)13-18-12-20(34-44-18)17-8-10-36(11-9-17)29(40)43-30(2,3)4/h6-7,14,17-18,22-23,26-28,38-39H,8-13,15H2,1-5H3/t18-,22-,23-,26+,27+,28+/m1/s1. The predicted molar refractivity (Wildman–Crippen MR) is 154 cm³/mol. The van der Waals surface area contributed by atoms with Gasteiger partial charge in [-0.05, 0) is 52.2 Å². The summed E-state index contributed by atoms with van der Waals surface area (Å²) in [5.41, 5.74) is 0.559. The molecule has 0 saturated carbocycles. The quantitative estimate of drug-likeness (QED) is 0.476. The molecular formula is C30H41F2N5O7. The number of ether oxygens (including phenoxy) is 3. The number of likely N-dealkylation sites (tertiary alicyclic amines) is 1. The van der Waals surface area contributed by atoms with Crippen molar-refractivity contribution in [2.45, 2.75) is 95.5 Å². The maximum Gasteiger partial charge on any atom is 0.410 e. The maximum atomic E-state index is 14.7. The molecule has 0 bridgehead atoms. The van der Waals surface area contributed by atoms with Gasteiger partial charge in [-0.3, -0.25) is 0 Å². The number of aromatic nitrogens is 3. The predicted octanol–water partition coefficient (Wildman–Crippen LogP) is 3.39. The third kappa shape index (κ3) is 6.72. The molecule has 14 heteroatoms. The van der Waals surface area contributed by atoms with Crippen molar-refractivity contribution in [2.75, 3.05) is 26.8 Å². The fraction of sp³-hybridized carbons (Fsp3) is 0.667. The van der Waals surface area contributed by atoms with Crippen LogP contribution in [-0.2, 0) is 19.0 Å². The van der Waals surface area contributed by atoms with Crippen LogP contribution in [0.25, 0.3) is 11.3 Å². The number of amides is 1. The van der Waals surface area contributed by atoms with Gasteiger partial charge in [0.25, 0.3) is 0 Å². The molecule has 2 fully saturated rings. The van der Waals surface area contributed by atoms with Crippen LogP contribution in [0.2, 0.25) is 0 Å². The molecule has 3 aliphatic heterocycles. The summed E-state index contributed by atoms with van der Waals surface area (Å²) < 4.78 is 47.6. The molecule has 1 aromatic carbocycles. The van der Waals surface area contributed by atoms with Crippen molar-refractivity contribution >= 4 is 11.8 Å². The van der Waals surface area contributed by atoms with Gasteiger partial charge in [-0.25, -0.2) is 18.3 Å². The Bertz CT molecular complexity index is 1360. The number of nitrogens with zero attached hydrogens (tertiary/aromatic N) is 5. The second kappa shape index (κ2) is 13.0. The van der Waals surface area contributed by atoms with Crippen LogP contribution in [0.1, 0.15) is 58.1 Å². The first-order valence-corrected chi connectivity index (χ1v) is 14.9. The Morgan fingerprint density at radius 2 is 1.89 bits per heavy atom. The highest BCUT2D eigenvalue weighted by molar-refractivity contribution is 5.88. The van der Waals surface area contributed by atoms with Gasteiger partial charge >= 0.3 is 6.09 Å². The molecule has 242 valence electrons. The summed E-state index contributed by atoms with van der Waals surface area (Å²) in [6.07, 6.45) is -0.387. The lowest BCUT2D eigenvalue weighted by molar-refractivity contribution is -0.219. The lowest BCUT2D eigenvalue weighted by Gasteiger charge is -2.44. The number of aryl methyl sites for hydroxylation is 1. The number of hydrogen-bond acceptors (Lipinski definition) is 10. The Morgan fingerprint density at radius 1 is 1.16 bits per heavy atom. The number of carbonyl (C=O) groups excluding carboxylic acids is 1. The number of benzene rings is 1. The van der Waals surface area contributed by atoms with Gasteiger partial charge in [0, 0.05) is 44.5 Å². The zero-order chi connectivity index (χ0) is 31.8. The van der Waals surface area contributed by atoms with Crippen molar-refractivity contribution < 1.29 is 42.8 Å². The van der Waals surface area contributed by atoms with Gasteiger partial charge in [0.05, 0.1) is 24.6 Å². The summed E-state index contributed by atoms with van der Waals surface area (Å²) in [7, 11) is 1.47. The number of aliphatic hydroxyl groups is 2. The topological polar surface area (TPSA) is 141 Å². The Balaban J connectivity index is 1.24. The van der Waals surface area contributed by atoms with E-state index in [-0.39, 0.29) is 34.9 Å². The van der Waals surface area contributed by atoms with Crippen LogP contribution in [0.5, 0.6) is 0 Å². The van der Waals surface area contributed by atoms with E-state index in [0.717, 1.165) is 18.6 Å². The molecule has 44 heavy (non-hydrogen) atoms. The summed E-state index contributed by atoms with van der Waals surface area (Å²) in [5.74, 6) is -1.83. The van der Waals surface area contributed by atoms with E-state index in [1.165, 1.54) is 37.0 Å². The molecule has 6 atom stereocenters. The second-order valence-corrected chi connectivity index (χ2v) is 12.7. The summed E-state index contributed by atoms with van der Waals surface area (Å²) in [5, 5.41) is 33.7. The van der Waals surface area contributed by atoms with Crippen LogP contribution in [0.4, 0.5) is 13.6 Å². The number of hydrogen-bond donors (Lipinski definition) is 2. The molecule has 0 aliphatic carbocycles. The Morgan fingerprint density at radius 3 is 2.55 bits per heavy atom. The normalized spacial score (nSPS) is 28.1. The minimum Gasteiger partial charge on any atom is -0.444 e. The Kier molecular flexibility index (Phi) is 9.54. The molecule has 2 N–H and O–H groups in total. The van der Waals surface area contributed by atoms with Gasteiger partial charge in [-0.1, -0.05) is 16.4 Å². The van der Waals surface area contributed by atoms with E-state index in [0.29, 0.717) is 25.9 Å². The molecule has 2 saturated heterocycles. The third-order valence-electron chi connectivity index (χ3n) is 8.47. The summed E-state index contributed by atoms with van der Waals surface area (Å²) in [6, 6.07) is 2.02. The first-order valence-electron chi connectivity index (χ1n) is 14.9. The number of oxime groups is 1. The zero-order valence-electron chi connectivity index (χ0n) is 25.7. The number of carbonyl (C=O) groups is 1. The number of piperidine rings is 1. The van der Waals surface area contributed by atoms with Crippen LogP contribution < -0.4 is 0 Å². The average Bonchev–Trinajstić information content (AvgIpc) is 3.66. The van der Waals surface area contributed by atoms with Crippen molar-refractivity contribution in [3.05, 3.63) is 35.5 Å². The fourth-order valence-electron chi connectivity index (χ4n) is 6.14. The van der Waals surface area contributed by atoms with Crippen LogP contribution in [0, 0.1) is 24.5 Å². The van der Waals surface area contributed by atoms with Gasteiger partial charge in [-0.2, -0.15) is 0 Å². The fourth-order valence-corrected chi connectivity index (χ4v) is 6.14. The lowest BCUT2D eigenvalue weighted by Crippen LogP contribution is -2.57. The minimum atomic E-state index is -1.23. The first kappa shape index (κ1) is 32.2. The summed E-state index contributed by atoms with van der Waals surface area (Å²) in [6.45, 7) is 7.67. The maximum absolute atomic E-state index is 14.7. The van der Waals surface area contributed by atoms with Crippen molar-refractivity contribution in [3.63, 3.8) is 0 Å². The van der Waals surface area contributed by atoms with E-state index >= 15 is 0 Å². The number of methoxy groups -OCH3 is 1. The van der Waals surface area contributed by atoms with Crippen molar-refractivity contribution in [1.82, 2.24) is 19.9 Å². The highest BCUT2D eigenvalue weighted by Gasteiger charge is 2.48. The van der Waals surface area contributed by atoms with E-state index in [2.05, 4.69) is 15.5 Å². The number of aliphatic hydroxyl groups excluding tert-OH is 2. The van der Waals surface area contributed by atoms with E-state index < -0.39 is 54.3 Å². The number of halogens is 2. The highest BCUT2D eigenvalue weighted by Crippen LogP contribution is 2.37. The molecule has 3 aliphatic rings. The molecule has 0 unspecified atom stereocenters.